The van der Waals surface area contributed by atoms with Gasteiger partial charge in [0.15, 0.2) is 11.0 Å². The normalized spacial score (nSPS) is 15.4. The molecule has 134 valence electrons. The van der Waals surface area contributed by atoms with Crippen LogP contribution < -0.4 is 0 Å². The highest BCUT2D eigenvalue weighted by Gasteiger charge is 2.17. The SMILES string of the molecule is CC(=O)CSc1nnc(-c2ccc(F)cc2)n1CCN1CCOCC1. The first-order valence-electron chi connectivity index (χ1n) is 8.25. The van der Waals surface area contributed by atoms with Crippen molar-refractivity contribution in [3.8, 4) is 11.4 Å². The van der Waals surface area contributed by atoms with Crippen LogP contribution in [0.5, 0.6) is 0 Å². The van der Waals surface area contributed by atoms with E-state index >= 15 is 0 Å². The Morgan fingerprint density at radius 2 is 1.92 bits per heavy atom. The first-order valence-corrected chi connectivity index (χ1v) is 9.23. The molecular formula is C17H21FN4O2S. The van der Waals surface area contributed by atoms with Crippen LogP contribution in [0.15, 0.2) is 29.4 Å². The van der Waals surface area contributed by atoms with E-state index < -0.39 is 0 Å². The molecule has 1 aromatic heterocycles. The van der Waals surface area contributed by atoms with Crippen molar-refractivity contribution in [2.45, 2.75) is 18.6 Å². The number of ketones is 1. The average molecular weight is 364 g/mol. The summed E-state index contributed by atoms with van der Waals surface area (Å²) < 4.78 is 20.6. The van der Waals surface area contributed by atoms with Gasteiger partial charge in [0.2, 0.25) is 0 Å². The van der Waals surface area contributed by atoms with Crippen LogP contribution >= 0.6 is 11.8 Å². The molecule has 1 fully saturated rings. The predicted molar refractivity (Wildman–Crippen MR) is 94.1 cm³/mol. The molecule has 3 rings (SSSR count). The summed E-state index contributed by atoms with van der Waals surface area (Å²) in [6.07, 6.45) is 0. The monoisotopic (exact) mass is 364 g/mol. The number of hydrogen-bond acceptors (Lipinski definition) is 6. The van der Waals surface area contributed by atoms with Crippen LogP contribution in [0.4, 0.5) is 4.39 Å². The molecule has 1 aliphatic rings. The minimum atomic E-state index is -0.283. The van der Waals surface area contributed by atoms with Crippen molar-refractivity contribution in [3.05, 3.63) is 30.1 Å². The molecule has 0 amide bonds. The van der Waals surface area contributed by atoms with E-state index in [2.05, 4.69) is 15.1 Å². The van der Waals surface area contributed by atoms with Gasteiger partial charge in [-0.2, -0.15) is 0 Å². The van der Waals surface area contributed by atoms with E-state index in [0.717, 1.165) is 38.4 Å². The van der Waals surface area contributed by atoms with E-state index in [1.807, 2.05) is 4.57 Å². The first-order chi connectivity index (χ1) is 12.1. The molecule has 0 N–H and O–H groups in total. The minimum absolute atomic E-state index is 0.0936. The topological polar surface area (TPSA) is 60.2 Å². The van der Waals surface area contributed by atoms with E-state index in [0.29, 0.717) is 23.3 Å². The summed E-state index contributed by atoms with van der Waals surface area (Å²) in [7, 11) is 0. The number of rotatable bonds is 7. The third kappa shape index (κ3) is 4.87. The van der Waals surface area contributed by atoms with Crippen molar-refractivity contribution in [2.75, 3.05) is 38.6 Å². The van der Waals surface area contributed by atoms with E-state index in [9.17, 15) is 9.18 Å². The highest BCUT2D eigenvalue weighted by molar-refractivity contribution is 7.99. The summed E-state index contributed by atoms with van der Waals surface area (Å²) in [4.78, 5) is 13.6. The first kappa shape index (κ1) is 18.0. The summed E-state index contributed by atoms with van der Waals surface area (Å²) in [6, 6.07) is 6.23. The van der Waals surface area contributed by atoms with E-state index in [1.165, 1.54) is 23.9 Å². The van der Waals surface area contributed by atoms with Gasteiger partial charge in [0.05, 0.1) is 19.0 Å². The standard InChI is InChI=1S/C17H21FN4O2S/c1-13(23)12-25-17-20-19-16(14-2-4-15(18)5-3-14)22(17)7-6-21-8-10-24-11-9-21/h2-5H,6-12H2,1H3. The molecule has 0 radical (unpaired) electrons. The van der Waals surface area contributed by atoms with Crippen molar-refractivity contribution in [1.29, 1.82) is 0 Å². The lowest BCUT2D eigenvalue weighted by Crippen LogP contribution is -2.38. The maximum absolute atomic E-state index is 13.2. The number of hydrogen-bond donors (Lipinski definition) is 0. The van der Waals surface area contributed by atoms with Gasteiger partial charge in [-0.05, 0) is 31.2 Å². The summed E-state index contributed by atoms with van der Waals surface area (Å²) in [6.45, 7) is 6.43. The summed E-state index contributed by atoms with van der Waals surface area (Å²) in [5.74, 6) is 0.865. The van der Waals surface area contributed by atoms with Crippen LogP contribution in [0.2, 0.25) is 0 Å². The summed E-state index contributed by atoms with van der Waals surface area (Å²) in [5, 5.41) is 9.22. The quantitative estimate of drug-likeness (QED) is 0.701. The Morgan fingerprint density at radius 3 is 2.60 bits per heavy atom. The van der Waals surface area contributed by atoms with Gasteiger partial charge in [0.1, 0.15) is 11.6 Å². The molecule has 0 unspecified atom stereocenters. The summed E-state index contributed by atoms with van der Waals surface area (Å²) >= 11 is 1.38. The molecule has 8 heteroatoms. The second-order valence-corrected chi connectivity index (χ2v) is 6.85. The number of carbonyl (C=O) groups excluding carboxylic acids is 1. The Labute approximate surface area is 150 Å². The zero-order chi connectivity index (χ0) is 17.6. The van der Waals surface area contributed by atoms with E-state index in [4.69, 9.17) is 4.74 Å². The van der Waals surface area contributed by atoms with Crippen LogP contribution in [-0.2, 0) is 16.1 Å². The molecule has 1 aliphatic heterocycles. The largest absolute Gasteiger partial charge is 0.379 e. The number of ether oxygens (including phenoxy) is 1. The Morgan fingerprint density at radius 1 is 1.20 bits per heavy atom. The number of nitrogens with zero attached hydrogens (tertiary/aromatic N) is 4. The maximum atomic E-state index is 13.2. The molecule has 6 nitrogen and oxygen atoms in total. The highest BCUT2D eigenvalue weighted by Crippen LogP contribution is 2.24. The van der Waals surface area contributed by atoms with E-state index in [1.54, 1.807) is 19.1 Å². The fourth-order valence-electron chi connectivity index (χ4n) is 2.64. The Kier molecular flexibility index (Phi) is 6.17. The lowest BCUT2D eigenvalue weighted by Gasteiger charge is -2.27. The average Bonchev–Trinajstić information content (AvgIpc) is 3.02. The number of Topliss-reactive ketones (excluding diaryl/α,β-unsaturated/α-hetero) is 1. The van der Waals surface area contributed by atoms with Gasteiger partial charge in [-0.25, -0.2) is 4.39 Å². The number of aromatic nitrogens is 3. The molecule has 0 spiro atoms. The third-order valence-corrected chi connectivity index (χ3v) is 5.08. The van der Waals surface area contributed by atoms with Gasteiger partial charge in [-0.1, -0.05) is 11.8 Å². The van der Waals surface area contributed by atoms with Crippen LogP contribution in [0.25, 0.3) is 11.4 Å². The van der Waals surface area contributed by atoms with Crippen molar-refractivity contribution in [2.24, 2.45) is 0 Å². The Balaban J connectivity index is 1.80. The van der Waals surface area contributed by atoms with Crippen LogP contribution in [-0.4, -0.2) is 64.0 Å². The van der Waals surface area contributed by atoms with Crippen molar-refractivity contribution in [3.63, 3.8) is 0 Å². The van der Waals surface area contributed by atoms with Gasteiger partial charge in [0, 0.05) is 31.7 Å². The number of benzene rings is 1. The van der Waals surface area contributed by atoms with Gasteiger partial charge < -0.3 is 9.30 Å². The van der Waals surface area contributed by atoms with Gasteiger partial charge in [-0.15, -0.1) is 10.2 Å². The maximum Gasteiger partial charge on any atom is 0.191 e. The zero-order valence-electron chi connectivity index (χ0n) is 14.2. The lowest BCUT2D eigenvalue weighted by atomic mass is 10.2. The smallest absolute Gasteiger partial charge is 0.191 e. The Bertz CT molecular complexity index is 714. The third-order valence-electron chi connectivity index (χ3n) is 3.97. The van der Waals surface area contributed by atoms with Crippen LogP contribution in [0.3, 0.4) is 0 Å². The molecular weight excluding hydrogens is 343 g/mol. The van der Waals surface area contributed by atoms with Crippen molar-refractivity contribution < 1.29 is 13.9 Å². The number of thioether (sulfide) groups is 1. The molecule has 0 saturated carbocycles. The zero-order valence-corrected chi connectivity index (χ0v) is 15.0. The molecule has 0 aliphatic carbocycles. The lowest BCUT2D eigenvalue weighted by molar-refractivity contribution is -0.114. The van der Waals surface area contributed by atoms with Crippen LogP contribution in [0.1, 0.15) is 6.92 Å². The minimum Gasteiger partial charge on any atom is -0.379 e. The molecule has 0 bridgehead atoms. The number of morpholine rings is 1. The van der Waals surface area contributed by atoms with Gasteiger partial charge >= 0.3 is 0 Å². The van der Waals surface area contributed by atoms with Crippen molar-refractivity contribution >= 4 is 17.5 Å². The van der Waals surface area contributed by atoms with Crippen molar-refractivity contribution in [1.82, 2.24) is 19.7 Å². The fraction of sp³-hybridized carbons (Fsp3) is 0.471. The highest BCUT2D eigenvalue weighted by atomic mass is 32.2. The van der Waals surface area contributed by atoms with Gasteiger partial charge in [0.25, 0.3) is 0 Å². The molecule has 25 heavy (non-hydrogen) atoms. The number of halogens is 1. The molecule has 1 aromatic carbocycles. The molecule has 2 heterocycles. The molecule has 0 atom stereocenters. The van der Waals surface area contributed by atoms with Gasteiger partial charge in [-0.3, -0.25) is 9.69 Å². The summed E-state index contributed by atoms with van der Waals surface area (Å²) in [5.41, 5.74) is 0.811. The molecule has 2 aromatic rings. The molecule has 1 saturated heterocycles. The van der Waals surface area contributed by atoms with E-state index in [-0.39, 0.29) is 11.6 Å². The predicted octanol–water partition coefficient (Wildman–Crippen LogP) is 2.10. The second kappa shape index (κ2) is 8.55. The van der Waals surface area contributed by atoms with Crippen LogP contribution in [0, 0.1) is 5.82 Å². The second-order valence-electron chi connectivity index (χ2n) is 5.91. The fourth-order valence-corrected chi connectivity index (χ4v) is 3.41. The number of carbonyl (C=O) groups is 1. The Hall–Kier alpha value is -1.77.